The van der Waals surface area contributed by atoms with E-state index < -0.39 is 0 Å². The van der Waals surface area contributed by atoms with E-state index in [0.29, 0.717) is 42.6 Å². The lowest BCUT2D eigenvalue weighted by molar-refractivity contribution is -0.137. The Hall–Kier alpha value is -1.84. The van der Waals surface area contributed by atoms with Crippen LogP contribution < -0.4 is 9.47 Å². The van der Waals surface area contributed by atoms with E-state index in [1.807, 2.05) is 19.1 Å². The van der Waals surface area contributed by atoms with Crippen LogP contribution in [0.2, 0.25) is 0 Å². The van der Waals surface area contributed by atoms with E-state index in [-0.39, 0.29) is 11.9 Å². The summed E-state index contributed by atoms with van der Waals surface area (Å²) in [5, 5.41) is 0. The zero-order chi connectivity index (χ0) is 18.1. The largest absolute Gasteiger partial charge is 0.423 e. The van der Waals surface area contributed by atoms with Crippen LogP contribution in [0.4, 0.5) is 0 Å². The summed E-state index contributed by atoms with van der Waals surface area (Å²) >= 11 is 0. The highest BCUT2D eigenvalue weighted by Crippen LogP contribution is 2.32. The second kappa shape index (κ2) is 10.1. The smallest absolute Gasteiger partial charge is 0.311 e. The van der Waals surface area contributed by atoms with Gasteiger partial charge in [-0.3, -0.25) is 9.59 Å². The van der Waals surface area contributed by atoms with Gasteiger partial charge in [0.05, 0.1) is 0 Å². The molecule has 0 amide bonds. The van der Waals surface area contributed by atoms with Gasteiger partial charge in [0.1, 0.15) is 0 Å². The van der Waals surface area contributed by atoms with Crippen LogP contribution >= 0.6 is 0 Å². The van der Waals surface area contributed by atoms with Crippen LogP contribution in [0.25, 0.3) is 0 Å². The van der Waals surface area contributed by atoms with Crippen molar-refractivity contribution >= 4 is 11.9 Å². The predicted molar refractivity (Wildman–Crippen MR) is 95.2 cm³/mol. The van der Waals surface area contributed by atoms with Crippen LogP contribution in [-0.2, 0) is 16.0 Å². The summed E-state index contributed by atoms with van der Waals surface area (Å²) in [7, 11) is 0. The average molecular weight is 334 g/mol. The number of hydrogen-bond donors (Lipinski definition) is 0. The minimum absolute atomic E-state index is 0.288. The third-order valence-corrected chi connectivity index (χ3v) is 3.73. The molecule has 0 aliphatic heterocycles. The van der Waals surface area contributed by atoms with E-state index in [9.17, 15) is 9.59 Å². The monoisotopic (exact) mass is 334 g/mol. The molecule has 4 heteroatoms. The summed E-state index contributed by atoms with van der Waals surface area (Å²) < 4.78 is 11.0. The second-order valence-corrected chi connectivity index (χ2v) is 6.91. The first-order chi connectivity index (χ1) is 11.3. The van der Waals surface area contributed by atoms with E-state index in [1.54, 1.807) is 6.07 Å². The average Bonchev–Trinajstić information content (AvgIpc) is 2.52. The van der Waals surface area contributed by atoms with Crippen molar-refractivity contribution in [1.82, 2.24) is 0 Å². The molecule has 0 aliphatic rings. The molecule has 0 fully saturated rings. The maximum atomic E-state index is 12.1. The third kappa shape index (κ3) is 7.16. The van der Waals surface area contributed by atoms with E-state index in [0.717, 1.165) is 18.4 Å². The topological polar surface area (TPSA) is 52.6 Å². The van der Waals surface area contributed by atoms with Crippen molar-refractivity contribution < 1.29 is 19.1 Å². The van der Waals surface area contributed by atoms with Gasteiger partial charge in [-0.25, -0.2) is 0 Å². The van der Waals surface area contributed by atoms with Crippen LogP contribution in [-0.4, -0.2) is 11.9 Å². The molecule has 0 saturated heterocycles. The number of benzene rings is 1. The third-order valence-electron chi connectivity index (χ3n) is 3.73. The van der Waals surface area contributed by atoms with Gasteiger partial charge in [-0.2, -0.15) is 0 Å². The Balaban J connectivity index is 2.84. The van der Waals surface area contributed by atoms with Crippen molar-refractivity contribution in [2.24, 2.45) is 11.8 Å². The second-order valence-electron chi connectivity index (χ2n) is 6.91. The zero-order valence-electron chi connectivity index (χ0n) is 15.6. The molecule has 0 N–H and O–H groups in total. The molecule has 4 nitrogen and oxygen atoms in total. The standard InChI is InChI=1S/C20H30O4/c1-6-16-8-7-9-17(23-18(21)12-10-14(2)3)20(16)24-19(22)13-11-15(4)5/h7-9,14-15H,6,10-13H2,1-5H3. The van der Waals surface area contributed by atoms with Crippen LogP contribution in [0.5, 0.6) is 11.5 Å². The number of ether oxygens (including phenoxy) is 2. The SMILES string of the molecule is CCc1cccc(OC(=O)CCC(C)C)c1OC(=O)CCC(C)C. The molecule has 0 aromatic heterocycles. The first-order valence-electron chi connectivity index (χ1n) is 8.86. The van der Waals surface area contributed by atoms with Gasteiger partial charge in [-0.15, -0.1) is 0 Å². The first kappa shape index (κ1) is 20.2. The summed E-state index contributed by atoms with van der Waals surface area (Å²) in [6.07, 6.45) is 2.96. The van der Waals surface area contributed by atoms with Crippen molar-refractivity contribution in [3.05, 3.63) is 23.8 Å². The van der Waals surface area contributed by atoms with Gasteiger partial charge in [0.25, 0.3) is 0 Å². The minimum atomic E-state index is -0.295. The highest BCUT2D eigenvalue weighted by atomic mass is 16.6. The van der Waals surface area contributed by atoms with Crippen LogP contribution in [0.15, 0.2) is 18.2 Å². The summed E-state index contributed by atoms with van der Waals surface area (Å²) in [6.45, 7) is 10.2. The van der Waals surface area contributed by atoms with Gasteiger partial charge >= 0.3 is 11.9 Å². The molecule has 0 spiro atoms. The lowest BCUT2D eigenvalue weighted by Crippen LogP contribution is -2.14. The lowest BCUT2D eigenvalue weighted by Gasteiger charge is -2.14. The van der Waals surface area contributed by atoms with Gasteiger partial charge in [0, 0.05) is 12.8 Å². The molecule has 0 aliphatic carbocycles. The molecular formula is C20H30O4. The zero-order valence-corrected chi connectivity index (χ0v) is 15.6. The summed E-state index contributed by atoms with van der Waals surface area (Å²) in [4.78, 5) is 24.1. The Labute approximate surface area is 145 Å². The Kier molecular flexibility index (Phi) is 8.51. The Morgan fingerprint density at radius 1 is 0.917 bits per heavy atom. The van der Waals surface area contributed by atoms with Crippen LogP contribution in [0, 0.1) is 11.8 Å². The number of carbonyl (C=O) groups excluding carboxylic acids is 2. The predicted octanol–water partition coefficient (Wildman–Crippen LogP) is 4.93. The fourth-order valence-corrected chi connectivity index (χ4v) is 2.19. The molecule has 0 radical (unpaired) electrons. The summed E-state index contributed by atoms with van der Waals surface area (Å²) in [5.74, 6) is 1.01. The number of aryl methyl sites for hydroxylation is 1. The highest BCUT2D eigenvalue weighted by Gasteiger charge is 2.17. The molecular weight excluding hydrogens is 304 g/mol. The molecule has 1 rings (SSSR count). The molecule has 24 heavy (non-hydrogen) atoms. The normalized spacial score (nSPS) is 11.0. The number of esters is 2. The lowest BCUT2D eigenvalue weighted by atomic mass is 10.1. The molecule has 0 heterocycles. The van der Waals surface area contributed by atoms with Crippen LogP contribution in [0.3, 0.4) is 0 Å². The maximum absolute atomic E-state index is 12.1. The van der Waals surface area contributed by atoms with Gasteiger partial charge in [0.2, 0.25) is 0 Å². The van der Waals surface area contributed by atoms with Crippen molar-refractivity contribution in [2.45, 2.75) is 66.7 Å². The van der Waals surface area contributed by atoms with Gasteiger partial charge < -0.3 is 9.47 Å². The van der Waals surface area contributed by atoms with Crippen molar-refractivity contribution in [2.75, 3.05) is 0 Å². The number of hydrogen-bond acceptors (Lipinski definition) is 4. The summed E-state index contributed by atoms with van der Waals surface area (Å²) in [5.41, 5.74) is 0.863. The van der Waals surface area contributed by atoms with Crippen molar-refractivity contribution in [3.8, 4) is 11.5 Å². The van der Waals surface area contributed by atoms with E-state index in [4.69, 9.17) is 9.47 Å². The molecule has 0 saturated carbocycles. The van der Waals surface area contributed by atoms with Gasteiger partial charge in [-0.05, 0) is 42.7 Å². The first-order valence-corrected chi connectivity index (χ1v) is 8.86. The van der Waals surface area contributed by atoms with E-state index in [2.05, 4.69) is 27.7 Å². The maximum Gasteiger partial charge on any atom is 0.311 e. The summed E-state index contributed by atoms with van der Waals surface area (Å²) in [6, 6.07) is 5.38. The Morgan fingerprint density at radius 2 is 1.46 bits per heavy atom. The van der Waals surface area contributed by atoms with Crippen molar-refractivity contribution in [1.29, 1.82) is 0 Å². The number of para-hydroxylation sites is 1. The van der Waals surface area contributed by atoms with Gasteiger partial charge in [-0.1, -0.05) is 46.8 Å². The number of carbonyl (C=O) groups is 2. The quantitative estimate of drug-likeness (QED) is 0.474. The molecule has 0 bridgehead atoms. The fourth-order valence-electron chi connectivity index (χ4n) is 2.19. The van der Waals surface area contributed by atoms with Gasteiger partial charge in [0.15, 0.2) is 11.5 Å². The highest BCUT2D eigenvalue weighted by molar-refractivity contribution is 5.76. The van der Waals surface area contributed by atoms with Crippen LogP contribution in [0.1, 0.15) is 65.9 Å². The van der Waals surface area contributed by atoms with Crippen molar-refractivity contribution in [3.63, 3.8) is 0 Å². The van der Waals surface area contributed by atoms with E-state index >= 15 is 0 Å². The Morgan fingerprint density at radius 3 is 1.96 bits per heavy atom. The van der Waals surface area contributed by atoms with E-state index in [1.165, 1.54) is 0 Å². The molecule has 0 atom stereocenters. The Bertz CT molecular complexity index is 547. The number of rotatable bonds is 9. The molecule has 0 unspecified atom stereocenters. The molecule has 134 valence electrons. The minimum Gasteiger partial charge on any atom is -0.423 e. The molecule has 1 aromatic carbocycles. The fraction of sp³-hybridized carbons (Fsp3) is 0.600. The molecule has 1 aromatic rings.